The highest BCUT2D eigenvalue weighted by molar-refractivity contribution is 7.98. The molecule has 33 heavy (non-hydrogen) atoms. The maximum Gasteiger partial charge on any atom is 0.310 e. The van der Waals surface area contributed by atoms with Crippen LogP contribution in [-0.4, -0.2) is 49.3 Å². The number of hydrogen-bond acceptors (Lipinski definition) is 9. The summed E-state index contributed by atoms with van der Waals surface area (Å²) < 4.78 is 6.80. The Morgan fingerprint density at radius 2 is 1.88 bits per heavy atom. The van der Waals surface area contributed by atoms with Gasteiger partial charge in [0.05, 0.1) is 12.1 Å². The molecule has 0 fully saturated rings. The van der Waals surface area contributed by atoms with Crippen LogP contribution in [0.25, 0.3) is 17.0 Å². The number of nitrogens with one attached hydrogen (secondary N) is 1. The van der Waals surface area contributed by atoms with Gasteiger partial charge in [-0.1, -0.05) is 41.6 Å². The standard InChI is InChI=1S/C22H22N6O3S2/c1-12-5-7-15(8-6-12)17-11-33-21(24-17)25-18(29)10-31-19(30)9-16-13(2)23-20-26-22(32-4)27-28(20)14(16)3/h5-8,11H,9-10H2,1-4H3,(H,24,25,29). The first-order valence-electron chi connectivity index (χ1n) is 10.1. The smallest absolute Gasteiger partial charge is 0.310 e. The third kappa shape index (κ3) is 5.20. The van der Waals surface area contributed by atoms with Crippen molar-refractivity contribution < 1.29 is 14.3 Å². The van der Waals surface area contributed by atoms with Crippen LogP contribution in [0.3, 0.4) is 0 Å². The van der Waals surface area contributed by atoms with Gasteiger partial charge in [-0.15, -0.1) is 16.4 Å². The number of thiazole rings is 1. The van der Waals surface area contributed by atoms with Crippen molar-refractivity contribution in [1.29, 1.82) is 0 Å². The van der Waals surface area contributed by atoms with Gasteiger partial charge in [-0.25, -0.2) is 14.5 Å². The minimum atomic E-state index is -0.526. The van der Waals surface area contributed by atoms with Crippen molar-refractivity contribution in [2.75, 3.05) is 18.2 Å². The molecule has 1 amide bonds. The number of benzene rings is 1. The van der Waals surface area contributed by atoms with E-state index in [1.807, 2.05) is 56.7 Å². The number of anilines is 1. The van der Waals surface area contributed by atoms with Gasteiger partial charge in [-0.05, 0) is 27.0 Å². The number of aromatic nitrogens is 5. The molecule has 9 nitrogen and oxygen atoms in total. The summed E-state index contributed by atoms with van der Waals surface area (Å²) in [5, 5.41) is 9.97. The van der Waals surface area contributed by atoms with Crippen LogP contribution in [0.5, 0.6) is 0 Å². The molecular weight excluding hydrogens is 460 g/mol. The Balaban J connectivity index is 1.35. The number of nitrogens with zero attached hydrogens (tertiary/aromatic N) is 5. The summed E-state index contributed by atoms with van der Waals surface area (Å²) in [6.07, 6.45) is 1.87. The molecule has 0 bridgehead atoms. The molecule has 0 saturated carbocycles. The first-order valence-corrected chi connectivity index (χ1v) is 12.2. The van der Waals surface area contributed by atoms with E-state index in [1.165, 1.54) is 23.1 Å². The van der Waals surface area contributed by atoms with E-state index in [1.54, 1.807) is 4.52 Å². The van der Waals surface area contributed by atoms with E-state index in [4.69, 9.17) is 4.74 Å². The molecule has 0 aliphatic rings. The third-order valence-electron chi connectivity index (χ3n) is 5.00. The molecule has 11 heteroatoms. The summed E-state index contributed by atoms with van der Waals surface area (Å²) in [6, 6.07) is 7.98. The van der Waals surface area contributed by atoms with Crippen LogP contribution in [0.1, 0.15) is 22.5 Å². The van der Waals surface area contributed by atoms with Gasteiger partial charge >= 0.3 is 5.97 Å². The summed E-state index contributed by atoms with van der Waals surface area (Å²) in [5.74, 6) is -0.488. The lowest BCUT2D eigenvalue weighted by atomic mass is 10.1. The first-order chi connectivity index (χ1) is 15.8. The quantitative estimate of drug-likeness (QED) is 0.314. The molecule has 0 aliphatic heterocycles. The van der Waals surface area contributed by atoms with Crippen molar-refractivity contribution in [2.45, 2.75) is 32.3 Å². The second-order valence-electron chi connectivity index (χ2n) is 7.36. The Kier molecular flexibility index (Phi) is 6.70. The van der Waals surface area contributed by atoms with Crippen LogP contribution in [0.15, 0.2) is 34.8 Å². The predicted molar refractivity (Wildman–Crippen MR) is 128 cm³/mol. The zero-order valence-electron chi connectivity index (χ0n) is 18.6. The molecule has 1 aromatic carbocycles. The Labute approximate surface area is 198 Å². The van der Waals surface area contributed by atoms with Gasteiger partial charge in [-0.2, -0.15) is 4.98 Å². The fraction of sp³-hybridized carbons (Fsp3) is 0.273. The highest BCUT2D eigenvalue weighted by Gasteiger charge is 2.18. The van der Waals surface area contributed by atoms with Gasteiger partial charge in [0.1, 0.15) is 0 Å². The molecule has 0 aliphatic carbocycles. The minimum Gasteiger partial charge on any atom is -0.455 e. The molecule has 0 saturated heterocycles. The lowest BCUT2D eigenvalue weighted by Crippen LogP contribution is -2.22. The monoisotopic (exact) mass is 482 g/mol. The van der Waals surface area contributed by atoms with E-state index in [2.05, 4.69) is 25.4 Å². The maximum absolute atomic E-state index is 12.4. The molecular formula is C22H22N6O3S2. The Morgan fingerprint density at radius 1 is 1.12 bits per heavy atom. The number of fused-ring (bicyclic) bond motifs is 1. The van der Waals surface area contributed by atoms with E-state index in [-0.39, 0.29) is 6.42 Å². The average molecular weight is 483 g/mol. The molecule has 0 atom stereocenters. The van der Waals surface area contributed by atoms with Crippen molar-refractivity contribution in [3.8, 4) is 11.3 Å². The SMILES string of the molecule is CSc1nc2nc(C)c(CC(=O)OCC(=O)Nc3nc(-c4ccc(C)cc4)cs3)c(C)n2n1. The Morgan fingerprint density at radius 3 is 2.61 bits per heavy atom. The lowest BCUT2D eigenvalue weighted by molar-refractivity contribution is -0.146. The topological polar surface area (TPSA) is 111 Å². The van der Waals surface area contributed by atoms with Crippen molar-refractivity contribution in [3.63, 3.8) is 0 Å². The molecule has 4 aromatic rings. The highest BCUT2D eigenvalue weighted by Crippen LogP contribution is 2.25. The molecule has 170 valence electrons. The summed E-state index contributed by atoms with van der Waals surface area (Å²) >= 11 is 2.73. The second-order valence-corrected chi connectivity index (χ2v) is 8.99. The predicted octanol–water partition coefficient (Wildman–Crippen LogP) is 3.62. The van der Waals surface area contributed by atoms with Crippen LogP contribution in [-0.2, 0) is 20.7 Å². The van der Waals surface area contributed by atoms with Crippen molar-refractivity contribution in [3.05, 3.63) is 52.2 Å². The third-order valence-corrected chi connectivity index (χ3v) is 6.29. The Bertz CT molecular complexity index is 1330. The first kappa shape index (κ1) is 22.9. The van der Waals surface area contributed by atoms with E-state index in [0.29, 0.717) is 27.3 Å². The van der Waals surface area contributed by atoms with Gasteiger partial charge in [0.2, 0.25) is 5.16 Å². The maximum atomic E-state index is 12.4. The van der Waals surface area contributed by atoms with Crippen LogP contribution in [0.4, 0.5) is 5.13 Å². The van der Waals surface area contributed by atoms with Crippen LogP contribution in [0.2, 0.25) is 0 Å². The molecule has 0 radical (unpaired) electrons. The normalized spacial score (nSPS) is 11.0. The molecule has 3 heterocycles. The molecule has 1 N–H and O–H groups in total. The van der Waals surface area contributed by atoms with Crippen LogP contribution < -0.4 is 5.32 Å². The van der Waals surface area contributed by atoms with E-state index >= 15 is 0 Å². The van der Waals surface area contributed by atoms with Gasteiger partial charge in [0.15, 0.2) is 11.7 Å². The van der Waals surface area contributed by atoms with Crippen LogP contribution >= 0.6 is 23.1 Å². The average Bonchev–Trinajstić information content (AvgIpc) is 3.42. The van der Waals surface area contributed by atoms with Gasteiger partial charge in [0, 0.05) is 27.9 Å². The van der Waals surface area contributed by atoms with Crippen LogP contribution in [0, 0.1) is 20.8 Å². The number of hydrogen-bond donors (Lipinski definition) is 1. The highest BCUT2D eigenvalue weighted by atomic mass is 32.2. The largest absolute Gasteiger partial charge is 0.455 e. The minimum absolute atomic E-state index is 0.0167. The van der Waals surface area contributed by atoms with Crippen molar-refractivity contribution in [2.24, 2.45) is 0 Å². The number of thioether (sulfide) groups is 1. The number of ether oxygens (including phenoxy) is 1. The molecule has 0 spiro atoms. The number of carbonyl (C=O) groups excluding carboxylic acids is 2. The zero-order valence-corrected chi connectivity index (χ0v) is 20.2. The molecule has 4 rings (SSSR count). The number of rotatable bonds is 7. The van der Waals surface area contributed by atoms with E-state index < -0.39 is 18.5 Å². The fourth-order valence-electron chi connectivity index (χ4n) is 3.22. The van der Waals surface area contributed by atoms with E-state index in [9.17, 15) is 9.59 Å². The number of aryl methyl sites for hydroxylation is 3. The Hall–Kier alpha value is -3.31. The number of amides is 1. The summed E-state index contributed by atoms with van der Waals surface area (Å²) in [5.41, 5.74) is 5.05. The molecule has 0 unspecified atom stereocenters. The fourth-order valence-corrected chi connectivity index (χ4v) is 4.29. The lowest BCUT2D eigenvalue weighted by Gasteiger charge is -2.10. The van der Waals surface area contributed by atoms with Crippen molar-refractivity contribution in [1.82, 2.24) is 24.6 Å². The van der Waals surface area contributed by atoms with Gasteiger partial charge in [-0.3, -0.25) is 14.9 Å². The molecule has 3 aromatic heterocycles. The number of carbonyl (C=O) groups is 2. The summed E-state index contributed by atoms with van der Waals surface area (Å²) in [6.45, 7) is 5.28. The summed E-state index contributed by atoms with van der Waals surface area (Å²) in [7, 11) is 0. The zero-order chi connectivity index (χ0) is 23.5. The second kappa shape index (κ2) is 9.67. The number of esters is 1. The van der Waals surface area contributed by atoms with Gasteiger partial charge < -0.3 is 4.74 Å². The summed E-state index contributed by atoms with van der Waals surface area (Å²) in [4.78, 5) is 37.8. The van der Waals surface area contributed by atoms with Gasteiger partial charge in [0.25, 0.3) is 11.7 Å². The van der Waals surface area contributed by atoms with E-state index in [0.717, 1.165) is 22.5 Å². The van der Waals surface area contributed by atoms with Crippen molar-refractivity contribution >= 4 is 45.9 Å².